The minimum absolute atomic E-state index is 0.114. The highest BCUT2D eigenvalue weighted by atomic mass is 16.1. The lowest BCUT2D eigenvalue weighted by Gasteiger charge is -2.02. The molecular formula is C13H14N2O. The van der Waals surface area contributed by atoms with Gasteiger partial charge in [0.25, 0.3) is 0 Å². The van der Waals surface area contributed by atoms with Crippen LogP contribution in [0.4, 0.5) is 0 Å². The number of aryl methyl sites for hydroxylation is 2. The lowest BCUT2D eigenvalue weighted by Crippen LogP contribution is -1.99. The predicted molar refractivity (Wildman–Crippen MR) is 62.4 cm³/mol. The van der Waals surface area contributed by atoms with E-state index in [2.05, 4.69) is 4.98 Å². The molecule has 0 fully saturated rings. The molecule has 3 nitrogen and oxygen atoms in total. The molecule has 2 rings (SSSR count). The predicted octanol–water partition coefficient (Wildman–Crippen LogP) is 2.33. The van der Waals surface area contributed by atoms with Crippen LogP contribution in [0.1, 0.15) is 22.8 Å². The van der Waals surface area contributed by atoms with E-state index in [0.29, 0.717) is 0 Å². The lowest BCUT2D eigenvalue weighted by molar-refractivity contribution is 0.101. The van der Waals surface area contributed by atoms with Gasteiger partial charge in [-0.1, -0.05) is 0 Å². The Morgan fingerprint density at radius 1 is 1.31 bits per heavy atom. The van der Waals surface area contributed by atoms with Crippen LogP contribution in [0.15, 0.2) is 43.0 Å². The third-order valence-corrected chi connectivity index (χ3v) is 2.57. The van der Waals surface area contributed by atoms with E-state index in [1.807, 2.05) is 35.2 Å². The summed E-state index contributed by atoms with van der Waals surface area (Å²) in [6.45, 7) is 2.47. The van der Waals surface area contributed by atoms with Gasteiger partial charge in [-0.05, 0) is 37.1 Å². The van der Waals surface area contributed by atoms with E-state index in [4.69, 9.17) is 0 Å². The number of pyridine rings is 1. The molecule has 0 N–H and O–H groups in total. The highest BCUT2D eigenvalue weighted by molar-refractivity contribution is 5.93. The van der Waals surface area contributed by atoms with Crippen LogP contribution in [0.2, 0.25) is 0 Å². The number of carbonyl (C=O) groups is 1. The number of nitrogens with zero attached hydrogens (tertiary/aromatic N) is 2. The molecule has 0 atom stereocenters. The molecule has 0 radical (unpaired) electrons. The summed E-state index contributed by atoms with van der Waals surface area (Å²) in [7, 11) is 0. The Labute approximate surface area is 94.7 Å². The van der Waals surface area contributed by atoms with Crippen LogP contribution in [0.25, 0.3) is 0 Å². The summed E-state index contributed by atoms with van der Waals surface area (Å²) in [5.41, 5.74) is 2.03. The smallest absolute Gasteiger partial charge is 0.161 e. The van der Waals surface area contributed by atoms with Gasteiger partial charge < -0.3 is 4.57 Å². The van der Waals surface area contributed by atoms with Gasteiger partial charge in [0.1, 0.15) is 0 Å². The third kappa shape index (κ3) is 2.57. The Kier molecular flexibility index (Phi) is 3.15. The number of aromatic nitrogens is 2. The molecule has 0 aliphatic carbocycles. The fourth-order valence-corrected chi connectivity index (χ4v) is 1.60. The van der Waals surface area contributed by atoms with Crippen molar-refractivity contribution in [3.8, 4) is 0 Å². The monoisotopic (exact) mass is 214 g/mol. The van der Waals surface area contributed by atoms with E-state index in [1.165, 1.54) is 5.56 Å². The largest absolute Gasteiger partial charge is 0.353 e. The SMILES string of the molecule is CC(=O)c1ccn(CCc2ccncc2)c1. The second kappa shape index (κ2) is 4.75. The molecule has 0 spiro atoms. The number of carbonyl (C=O) groups excluding carboxylic acids is 1. The van der Waals surface area contributed by atoms with Gasteiger partial charge in [0, 0.05) is 36.9 Å². The summed E-state index contributed by atoms with van der Waals surface area (Å²) in [5.74, 6) is 0.114. The Hall–Kier alpha value is -1.90. The van der Waals surface area contributed by atoms with Gasteiger partial charge in [-0.15, -0.1) is 0 Å². The van der Waals surface area contributed by atoms with Gasteiger partial charge in [0.15, 0.2) is 5.78 Å². The Morgan fingerprint density at radius 2 is 2.06 bits per heavy atom. The molecule has 0 amide bonds. The molecule has 0 bridgehead atoms. The molecule has 16 heavy (non-hydrogen) atoms. The summed E-state index contributed by atoms with van der Waals surface area (Å²) < 4.78 is 2.04. The molecular weight excluding hydrogens is 200 g/mol. The maximum atomic E-state index is 11.1. The first-order chi connectivity index (χ1) is 7.75. The first-order valence-corrected chi connectivity index (χ1v) is 5.31. The van der Waals surface area contributed by atoms with Crippen molar-refractivity contribution in [2.75, 3.05) is 0 Å². The minimum Gasteiger partial charge on any atom is -0.353 e. The minimum atomic E-state index is 0.114. The van der Waals surface area contributed by atoms with E-state index in [9.17, 15) is 4.79 Å². The first-order valence-electron chi connectivity index (χ1n) is 5.31. The van der Waals surface area contributed by atoms with Gasteiger partial charge >= 0.3 is 0 Å². The second-order valence-corrected chi connectivity index (χ2v) is 3.80. The normalized spacial score (nSPS) is 10.3. The Morgan fingerprint density at radius 3 is 2.69 bits per heavy atom. The average molecular weight is 214 g/mol. The number of Topliss-reactive ketones (excluding diaryl/α,β-unsaturated/α-hetero) is 1. The average Bonchev–Trinajstić information content (AvgIpc) is 2.76. The van der Waals surface area contributed by atoms with Gasteiger partial charge in [-0.2, -0.15) is 0 Å². The number of hydrogen-bond donors (Lipinski definition) is 0. The summed E-state index contributed by atoms with van der Waals surface area (Å²) >= 11 is 0. The van der Waals surface area contributed by atoms with Crippen molar-refractivity contribution in [1.29, 1.82) is 0 Å². The van der Waals surface area contributed by atoms with Crippen LogP contribution in [-0.2, 0) is 13.0 Å². The van der Waals surface area contributed by atoms with Crippen LogP contribution >= 0.6 is 0 Å². The zero-order chi connectivity index (χ0) is 11.4. The molecule has 2 aromatic heterocycles. The van der Waals surface area contributed by atoms with Crippen LogP contribution in [0.3, 0.4) is 0 Å². The Balaban J connectivity index is 1.97. The molecule has 3 heteroatoms. The van der Waals surface area contributed by atoms with Crippen LogP contribution in [0.5, 0.6) is 0 Å². The van der Waals surface area contributed by atoms with Gasteiger partial charge in [-0.25, -0.2) is 0 Å². The van der Waals surface area contributed by atoms with Gasteiger partial charge in [0.2, 0.25) is 0 Å². The topological polar surface area (TPSA) is 34.9 Å². The van der Waals surface area contributed by atoms with Crippen molar-refractivity contribution in [2.45, 2.75) is 19.9 Å². The summed E-state index contributed by atoms with van der Waals surface area (Å²) in [6.07, 6.45) is 8.38. The standard InChI is InChI=1S/C13H14N2O/c1-11(16)13-5-9-15(10-13)8-4-12-2-6-14-7-3-12/h2-3,5-7,9-10H,4,8H2,1H3. The summed E-state index contributed by atoms with van der Waals surface area (Å²) in [6, 6.07) is 5.87. The number of ketones is 1. The maximum absolute atomic E-state index is 11.1. The fraction of sp³-hybridized carbons (Fsp3) is 0.231. The number of hydrogen-bond acceptors (Lipinski definition) is 2. The molecule has 0 aliphatic heterocycles. The van der Waals surface area contributed by atoms with E-state index in [0.717, 1.165) is 18.5 Å². The van der Waals surface area contributed by atoms with Crippen LogP contribution < -0.4 is 0 Å². The molecule has 82 valence electrons. The Bertz CT molecular complexity index is 474. The lowest BCUT2D eigenvalue weighted by atomic mass is 10.2. The van der Waals surface area contributed by atoms with E-state index in [-0.39, 0.29) is 5.78 Å². The molecule has 2 aromatic rings. The van der Waals surface area contributed by atoms with Crippen molar-refractivity contribution < 1.29 is 4.79 Å². The fourth-order valence-electron chi connectivity index (χ4n) is 1.60. The van der Waals surface area contributed by atoms with E-state index in [1.54, 1.807) is 19.3 Å². The first kappa shape index (κ1) is 10.6. The third-order valence-electron chi connectivity index (χ3n) is 2.57. The van der Waals surface area contributed by atoms with Gasteiger partial charge in [-0.3, -0.25) is 9.78 Å². The van der Waals surface area contributed by atoms with E-state index >= 15 is 0 Å². The van der Waals surface area contributed by atoms with Crippen LogP contribution in [0, 0.1) is 0 Å². The van der Waals surface area contributed by atoms with E-state index < -0.39 is 0 Å². The zero-order valence-electron chi connectivity index (χ0n) is 9.26. The molecule has 0 saturated carbocycles. The van der Waals surface area contributed by atoms with Crippen molar-refractivity contribution in [3.63, 3.8) is 0 Å². The molecule has 0 unspecified atom stereocenters. The van der Waals surface area contributed by atoms with Gasteiger partial charge in [0.05, 0.1) is 0 Å². The number of rotatable bonds is 4. The van der Waals surface area contributed by atoms with Crippen molar-refractivity contribution in [3.05, 3.63) is 54.1 Å². The molecule has 0 aliphatic rings. The highest BCUT2D eigenvalue weighted by Crippen LogP contribution is 2.05. The molecule has 0 aromatic carbocycles. The van der Waals surface area contributed by atoms with Crippen molar-refractivity contribution in [2.24, 2.45) is 0 Å². The highest BCUT2D eigenvalue weighted by Gasteiger charge is 2.01. The summed E-state index contributed by atoms with van der Waals surface area (Å²) in [4.78, 5) is 15.1. The second-order valence-electron chi connectivity index (χ2n) is 3.80. The van der Waals surface area contributed by atoms with Crippen molar-refractivity contribution in [1.82, 2.24) is 9.55 Å². The quantitative estimate of drug-likeness (QED) is 0.732. The van der Waals surface area contributed by atoms with Crippen LogP contribution in [-0.4, -0.2) is 15.3 Å². The summed E-state index contributed by atoms with van der Waals surface area (Å²) in [5, 5.41) is 0. The molecule has 0 saturated heterocycles. The molecule has 2 heterocycles. The maximum Gasteiger partial charge on any atom is 0.161 e. The van der Waals surface area contributed by atoms with Crippen molar-refractivity contribution >= 4 is 5.78 Å². The zero-order valence-corrected chi connectivity index (χ0v) is 9.26.